The van der Waals surface area contributed by atoms with Crippen LogP contribution in [0.1, 0.15) is 24.2 Å². The van der Waals surface area contributed by atoms with Crippen LogP contribution in [0.25, 0.3) is 0 Å². The van der Waals surface area contributed by atoms with Crippen LogP contribution >= 0.6 is 15.9 Å². The van der Waals surface area contributed by atoms with Crippen molar-refractivity contribution in [1.82, 2.24) is 4.31 Å². The second kappa shape index (κ2) is 9.26. The summed E-state index contributed by atoms with van der Waals surface area (Å²) in [5.74, 6) is -0.239. The first-order valence-electron chi connectivity index (χ1n) is 8.52. The number of halogens is 1. The summed E-state index contributed by atoms with van der Waals surface area (Å²) in [6, 6.07) is 9.99. The molecule has 2 rings (SSSR count). The number of nitrogens with zero attached hydrogens (tertiary/aromatic N) is 2. The minimum absolute atomic E-state index is 0.0431. The quantitative estimate of drug-likeness (QED) is 0.340. The van der Waals surface area contributed by atoms with Crippen molar-refractivity contribution in [1.29, 1.82) is 0 Å². The Bertz CT molecular complexity index is 973. The first kappa shape index (κ1) is 22.0. The monoisotopic (exact) mass is 469 g/mol. The number of hydrogen-bond donors (Lipinski definition) is 1. The number of Topliss-reactive ketones (excluding diaryl/α,β-unsaturated/α-hetero) is 1. The number of nitrogens with one attached hydrogen (secondary N) is 1. The molecule has 0 aliphatic heterocycles. The Morgan fingerprint density at radius 3 is 2.25 bits per heavy atom. The molecule has 0 heterocycles. The minimum Gasteiger partial charge on any atom is -0.377 e. The molecule has 0 saturated carbocycles. The lowest BCUT2D eigenvalue weighted by molar-refractivity contribution is -0.384. The highest BCUT2D eigenvalue weighted by Crippen LogP contribution is 2.27. The number of ketones is 1. The Balaban J connectivity index is 2.09. The standard InChI is InChI=1S/C18H20BrN3O5S/c1-3-21(4-2)28(26,27)15-8-5-13(6-9-15)18(23)12-20-17-10-7-14(22(24)25)11-16(17)19/h5-11,20H,3-4,12H2,1-2H3. The van der Waals surface area contributed by atoms with Gasteiger partial charge in [0.05, 0.1) is 16.4 Å². The third-order valence-electron chi connectivity index (χ3n) is 4.12. The summed E-state index contributed by atoms with van der Waals surface area (Å²) in [6.07, 6.45) is 0. The molecule has 0 aliphatic rings. The van der Waals surface area contributed by atoms with Gasteiger partial charge < -0.3 is 5.32 Å². The first-order chi connectivity index (χ1) is 13.2. The van der Waals surface area contributed by atoms with Gasteiger partial charge in [-0.15, -0.1) is 0 Å². The van der Waals surface area contributed by atoms with Crippen molar-refractivity contribution in [2.45, 2.75) is 18.7 Å². The molecule has 0 unspecified atom stereocenters. The summed E-state index contributed by atoms with van der Waals surface area (Å²) >= 11 is 3.23. The number of hydrogen-bond acceptors (Lipinski definition) is 6. The van der Waals surface area contributed by atoms with Crippen molar-refractivity contribution >= 4 is 43.1 Å². The molecule has 0 atom stereocenters. The maximum absolute atomic E-state index is 12.5. The maximum Gasteiger partial charge on any atom is 0.270 e. The average Bonchev–Trinajstić information content (AvgIpc) is 2.67. The molecule has 0 saturated heterocycles. The largest absolute Gasteiger partial charge is 0.377 e. The molecule has 0 aliphatic carbocycles. The van der Waals surface area contributed by atoms with Gasteiger partial charge in [0.15, 0.2) is 5.78 Å². The number of benzene rings is 2. The van der Waals surface area contributed by atoms with Crippen LogP contribution in [0.5, 0.6) is 0 Å². The van der Waals surface area contributed by atoms with Crippen LogP contribution in [0, 0.1) is 10.1 Å². The molecule has 2 aromatic carbocycles. The van der Waals surface area contributed by atoms with Crippen LogP contribution in [-0.4, -0.2) is 43.1 Å². The van der Waals surface area contributed by atoms with Crippen LogP contribution in [0.2, 0.25) is 0 Å². The Kier molecular flexibility index (Phi) is 7.28. The van der Waals surface area contributed by atoms with Crippen molar-refractivity contribution in [3.63, 3.8) is 0 Å². The van der Waals surface area contributed by atoms with Crippen molar-refractivity contribution in [2.75, 3.05) is 25.0 Å². The van der Waals surface area contributed by atoms with E-state index in [0.717, 1.165) is 0 Å². The van der Waals surface area contributed by atoms with E-state index in [1.807, 2.05) is 0 Å². The molecular weight excluding hydrogens is 450 g/mol. The zero-order valence-electron chi connectivity index (χ0n) is 15.4. The summed E-state index contributed by atoms with van der Waals surface area (Å²) in [5, 5.41) is 13.7. The lowest BCUT2D eigenvalue weighted by Gasteiger charge is -2.18. The summed E-state index contributed by atoms with van der Waals surface area (Å²) in [6.45, 7) is 4.22. The second-order valence-electron chi connectivity index (χ2n) is 5.81. The number of rotatable bonds is 9. The SMILES string of the molecule is CCN(CC)S(=O)(=O)c1ccc(C(=O)CNc2ccc([N+](=O)[O-])cc2Br)cc1. The van der Waals surface area contributed by atoms with Gasteiger partial charge in [0.1, 0.15) is 0 Å². The van der Waals surface area contributed by atoms with E-state index >= 15 is 0 Å². The van der Waals surface area contributed by atoms with Gasteiger partial charge >= 0.3 is 0 Å². The maximum atomic E-state index is 12.5. The average molecular weight is 470 g/mol. The summed E-state index contributed by atoms with van der Waals surface area (Å²) in [4.78, 5) is 22.8. The van der Waals surface area contributed by atoms with Crippen molar-refractivity contribution in [2.24, 2.45) is 0 Å². The summed E-state index contributed by atoms with van der Waals surface area (Å²) < 4.78 is 26.8. The van der Waals surface area contributed by atoms with Crippen LogP contribution in [0.4, 0.5) is 11.4 Å². The number of sulfonamides is 1. The molecule has 0 spiro atoms. The molecule has 0 fully saturated rings. The lowest BCUT2D eigenvalue weighted by atomic mass is 10.1. The molecule has 1 N–H and O–H groups in total. The predicted molar refractivity (Wildman–Crippen MR) is 110 cm³/mol. The number of anilines is 1. The number of carbonyl (C=O) groups excluding carboxylic acids is 1. The minimum atomic E-state index is -3.57. The molecule has 28 heavy (non-hydrogen) atoms. The molecule has 0 amide bonds. The van der Waals surface area contributed by atoms with Gasteiger partial charge in [-0.1, -0.05) is 13.8 Å². The molecule has 0 bridgehead atoms. The van der Waals surface area contributed by atoms with Crippen LogP contribution < -0.4 is 5.32 Å². The molecule has 2 aromatic rings. The summed E-state index contributed by atoms with van der Waals surface area (Å²) in [5.41, 5.74) is 0.845. The molecular formula is C18H20BrN3O5S. The third kappa shape index (κ3) is 4.94. The van der Waals surface area contributed by atoms with E-state index < -0.39 is 14.9 Å². The van der Waals surface area contributed by atoms with E-state index in [9.17, 15) is 23.3 Å². The third-order valence-corrected chi connectivity index (χ3v) is 6.84. The van der Waals surface area contributed by atoms with Crippen LogP contribution in [0.15, 0.2) is 51.8 Å². The molecule has 8 nitrogen and oxygen atoms in total. The molecule has 10 heteroatoms. The van der Waals surface area contributed by atoms with Crippen molar-refractivity contribution < 1.29 is 18.1 Å². The van der Waals surface area contributed by atoms with Crippen LogP contribution in [-0.2, 0) is 10.0 Å². The first-order valence-corrected chi connectivity index (χ1v) is 10.7. The number of carbonyl (C=O) groups is 1. The Labute approximate surface area is 171 Å². The van der Waals surface area contributed by atoms with E-state index in [1.54, 1.807) is 13.8 Å². The number of non-ortho nitro benzene ring substituents is 1. The van der Waals surface area contributed by atoms with E-state index in [1.165, 1.54) is 46.8 Å². The highest BCUT2D eigenvalue weighted by atomic mass is 79.9. The van der Waals surface area contributed by atoms with E-state index in [4.69, 9.17) is 0 Å². The van der Waals surface area contributed by atoms with Gasteiger partial charge in [-0.3, -0.25) is 14.9 Å². The van der Waals surface area contributed by atoms with E-state index in [-0.39, 0.29) is 22.9 Å². The second-order valence-corrected chi connectivity index (χ2v) is 8.60. The van der Waals surface area contributed by atoms with Gasteiger partial charge in [0.2, 0.25) is 10.0 Å². The van der Waals surface area contributed by atoms with Gasteiger partial charge in [-0.25, -0.2) is 8.42 Å². The zero-order chi connectivity index (χ0) is 20.9. The Hall–Kier alpha value is -2.30. The zero-order valence-corrected chi connectivity index (χ0v) is 17.8. The fourth-order valence-electron chi connectivity index (χ4n) is 2.56. The normalized spacial score (nSPS) is 11.4. The lowest BCUT2D eigenvalue weighted by Crippen LogP contribution is -2.30. The summed E-state index contributed by atoms with van der Waals surface area (Å²) in [7, 11) is -3.57. The van der Waals surface area contributed by atoms with Gasteiger partial charge in [0.25, 0.3) is 5.69 Å². The smallest absolute Gasteiger partial charge is 0.270 e. The predicted octanol–water partition coefficient (Wildman–Crippen LogP) is 3.68. The highest BCUT2D eigenvalue weighted by Gasteiger charge is 2.21. The Morgan fingerprint density at radius 1 is 1.14 bits per heavy atom. The highest BCUT2D eigenvalue weighted by molar-refractivity contribution is 9.10. The van der Waals surface area contributed by atoms with Gasteiger partial charge in [-0.2, -0.15) is 4.31 Å². The molecule has 150 valence electrons. The van der Waals surface area contributed by atoms with Crippen molar-refractivity contribution in [3.8, 4) is 0 Å². The topological polar surface area (TPSA) is 110 Å². The van der Waals surface area contributed by atoms with Gasteiger partial charge in [-0.05, 0) is 46.3 Å². The number of nitro benzene ring substituents is 1. The van der Waals surface area contributed by atoms with Crippen molar-refractivity contribution in [3.05, 3.63) is 62.6 Å². The molecule has 0 radical (unpaired) electrons. The number of nitro groups is 1. The fourth-order valence-corrected chi connectivity index (χ4v) is 4.53. The van der Waals surface area contributed by atoms with E-state index in [2.05, 4.69) is 21.2 Å². The fraction of sp³-hybridized carbons (Fsp3) is 0.278. The van der Waals surface area contributed by atoms with Gasteiger partial charge in [0, 0.05) is 40.9 Å². The molecule has 0 aromatic heterocycles. The Morgan fingerprint density at radius 2 is 1.75 bits per heavy atom. The van der Waals surface area contributed by atoms with Crippen LogP contribution in [0.3, 0.4) is 0 Å². The van der Waals surface area contributed by atoms with E-state index in [0.29, 0.717) is 28.8 Å².